The second-order valence-corrected chi connectivity index (χ2v) is 3.67. The van der Waals surface area contributed by atoms with Gasteiger partial charge in [-0.1, -0.05) is 13.8 Å². The lowest BCUT2D eigenvalue weighted by Crippen LogP contribution is -2.36. The van der Waals surface area contributed by atoms with Crippen molar-refractivity contribution in [3.8, 4) is 0 Å². The number of aliphatic hydroxyl groups excluding tert-OH is 1. The van der Waals surface area contributed by atoms with E-state index < -0.39 is 0 Å². The van der Waals surface area contributed by atoms with Crippen LogP contribution in [-0.4, -0.2) is 36.0 Å². The van der Waals surface area contributed by atoms with Gasteiger partial charge in [0.25, 0.3) is 0 Å². The van der Waals surface area contributed by atoms with Crippen LogP contribution < -0.4 is 0 Å². The molecule has 0 aromatic heterocycles. The molecule has 0 spiro atoms. The summed E-state index contributed by atoms with van der Waals surface area (Å²) >= 11 is 0. The van der Waals surface area contributed by atoms with Gasteiger partial charge in [-0.05, 0) is 26.2 Å². The van der Waals surface area contributed by atoms with Crippen LogP contribution in [0.1, 0.15) is 40.0 Å². The Morgan fingerprint density at radius 2 is 2.00 bits per heavy atom. The van der Waals surface area contributed by atoms with E-state index in [2.05, 4.69) is 20.8 Å². The van der Waals surface area contributed by atoms with Crippen LogP contribution in [0, 0.1) is 0 Å². The molecule has 0 aliphatic carbocycles. The maximum absolute atomic E-state index is 8.75. The second-order valence-electron chi connectivity index (χ2n) is 3.67. The third kappa shape index (κ3) is 5.24. The summed E-state index contributed by atoms with van der Waals surface area (Å²) in [5, 5.41) is 10.6. The monoisotopic (exact) mass is 189 g/mol. The Balaban J connectivity index is 3.94. The molecule has 0 aliphatic rings. The zero-order chi connectivity index (χ0) is 10.3. The van der Waals surface area contributed by atoms with E-state index in [0.29, 0.717) is 0 Å². The maximum Gasteiger partial charge on any atom is 0.0869 e. The number of hydrogen-bond donors (Lipinski definition) is 1. The molecule has 0 rings (SSSR count). The van der Waals surface area contributed by atoms with Crippen molar-refractivity contribution < 1.29 is 9.94 Å². The van der Waals surface area contributed by atoms with Crippen molar-refractivity contribution in [2.24, 2.45) is 0 Å². The molecular weight excluding hydrogens is 166 g/mol. The van der Waals surface area contributed by atoms with E-state index in [1.165, 1.54) is 0 Å². The van der Waals surface area contributed by atoms with Gasteiger partial charge in [0, 0.05) is 20.2 Å². The fourth-order valence-corrected chi connectivity index (χ4v) is 1.18. The lowest BCUT2D eigenvalue weighted by Gasteiger charge is -2.32. The van der Waals surface area contributed by atoms with Gasteiger partial charge in [0.15, 0.2) is 0 Å². The third-order valence-corrected chi connectivity index (χ3v) is 2.43. The highest BCUT2D eigenvalue weighted by molar-refractivity contribution is 4.72. The van der Waals surface area contributed by atoms with Crippen LogP contribution in [0.4, 0.5) is 0 Å². The average molecular weight is 189 g/mol. The van der Waals surface area contributed by atoms with Crippen LogP contribution in [0.3, 0.4) is 0 Å². The molecule has 80 valence electrons. The van der Waals surface area contributed by atoms with E-state index in [4.69, 9.17) is 9.94 Å². The van der Waals surface area contributed by atoms with Crippen molar-refractivity contribution in [2.45, 2.75) is 45.6 Å². The first-order chi connectivity index (χ1) is 6.08. The lowest BCUT2D eigenvalue weighted by atomic mass is 9.97. The summed E-state index contributed by atoms with van der Waals surface area (Å²) in [5.74, 6) is 0. The van der Waals surface area contributed by atoms with Gasteiger partial charge in [0.1, 0.15) is 0 Å². The molecule has 0 radical (unpaired) electrons. The first-order valence-electron chi connectivity index (χ1n) is 5.09. The van der Waals surface area contributed by atoms with Crippen LogP contribution in [0.15, 0.2) is 0 Å². The first kappa shape index (κ1) is 12.9. The molecule has 0 aromatic carbocycles. The number of nitrogens with zero attached hydrogens (tertiary/aromatic N) is 1. The molecular formula is C10H23NO2. The maximum atomic E-state index is 8.75. The topological polar surface area (TPSA) is 32.7 Å². The van der Waals surface area contributed by atoms with Crippen LogP contribution in [-0.2, 0) is 4.84 Å². The van der Waals surface area contributed by atoms with Gasteiger partial charge in [-0.2, -0.15) is 5.06 Å². The number of rotatable bonds is 7. The molecule has 0 saturated heterocycles. The smallest absolute Gasteiger partial charge is 0.0869 e. The molecule has 1 atom stereocenters. The van der Waals surface area contributed by atoms with E-state index in [-0.39, 0.29) is 12.2 Å². The van der Waals surface area contributed by atoms with Crippen LogP contribution >= 0.6 is 0 Å². The molecule has 0 aromatic rings. The summed E-state index contributed by atoms with van der Waals surface area (Å²) in [5.41, 5.74) is -0.118. The highest BCUT2D eigenvalue weighted by Gasteiger charge is 2.24. The molecule has 1 N–H and O–H groups in total. The van der Waals surface area contributed by atoms with Crippen LogP contribution in [0.25, 0.3) is 0 Å². The lowest BCUT2D eigenvalue weighted by molar-refractivity contribution is -0.229. The zero-order valence-corrected chi connectivity index (χ0v) is 9.34. The highest BCUT2D eigenvalue weighted by atomic mass is 16.7. The van der Waals surface area contributed by atoms with Crippen LogP contribution in [0.5, 0.6) is 0 Å². The van der Waals surface area contributed by atoms with Gasteiger partial charge in [0.2, 0.25) is 0 Å². The minimum absolute atomic E-state index is 0.118. The van der Waals surface area contributed by atoms with Crippen molar-refractivity contribution in [2.75, 3.05) is 20.2 Å². The summed E-state index contributed by atoms with van der Waals surface area (Å²) in [6.45, 7) is 7.39. The molecule has 0 heterocycles. The van der Waals surface area contributed by atoms with E-state index in [0.717, 1.165) is 25.8 Å². The van der Waals surface area contributed by atoms with Gasteiger partial charge >= 0.3 is 0 Å². The third-order valence-electron chi connectivity index (χ3n) is 2.43. The summed E-state index contributed by atoms with van der Waals surface area (Å²) < 4.78 is 0. The number of aliphatic hydroxyl groups is 1. The Morgan fingerprint density at radius 1 is 1.38 bits per heavy atom. The Morgan fingerprint density at radius 3 is 2.38 bits per heavy atom. The normalized spacial score (nSPS) is 16.2. The van der Waals surface area contributed by atoms with Crippen molar-refractivity contribution in [3.63, 3.8) is 0 Å². The summed E-state index contributed by atoms with van der Waals surface area (Å²) in [6, 6.07) is 0. The van der Waals surface area contributed by atoms with Gasteiger partial charge in [-0.3, -0.25) is 4.84 Å². The number of hydrogen-bond acceptors (Lipinski definition) is 3. The Bertz CT molecular complexity index is 130. The quantitative estimate of drug-likeness (QED) is 0.620. The first-order valence-corrected chi connectivity index (χ1v) is 5.09. The zero-order valence-electron chi connectivity index (χ0n) is 9.34. The predicted octanol–water partition coefficient (Wildman–Crippen LogP) is 1.81. The summed E-state index contributed by atoms with van der Waals surface area (Å²) in [4.78, 5) is 5.76. The SMILES string of the molecule is CCN(C)OC(C)(CC)CCCO. The van der Waals surface area contributed by atoms with Crippen LogP contribution in [0.2, 0.25) is 0 Å². The van der Waals surface area contributed by atoms with Gasteiger partial charge in [0.05, 0.1) is 5.60 Å². The van der Waals surface area contributed by atoms with Crippen molar-refractivity contribution >= 4 is 0 Å². The molecule has 0 bridgehead atoms. The number of hydroxylamine groups is 2. The molecule has 0 saturated carbocycles. The minimum Gasteiger partial charge on any atom is -0.396 e. The van der Waals surface area contributed by atoms with Crippen molar-refractivity contribution in [3.05, 3.63) is 0 Å². The van der Waals surface area contributed by atoms with Gasteiger partial charge in [-0.25, -0.2) is 0 Å². The van der Waals surface area contributed by atoms with E-state index >= 15 is 0 Å². The average Bonchev–Trinajstić information content (AvgIpc) is 2.14. The molecule has 0 aliphatic heterocycles. The standard InChI is InChI=1S/C10H23NO2/c1-5-10(3,8-7-9-12)13-11(4)6-2/h12H,5-9H2,1-4H3. The molecule has 0 amide bonds. The Labute approximate surface area is 81.6 Å². The molecule has 13 heavy (non-hydrogen) atoms. The van der Waals surface area contributed by atoms with E-state index in [1.807, 2.05) is 12.1 Å². The fourth-order valence-electron chi connectivity index (χ4n) is 1.18. The van der Waals surface area contributed by atoms with Gasteiger partial charge < -0.3 is 5.11 Å². The molecule has 3 heteroatoms. The van der Waals surface area contributed by atoms with Gasteiger partial charge in [-0.15, -0.1) is 0 Å². The molecule has 0 fully saturated rings. The summed E-state index contributed by atoms with van der Waals surface area (Å²) in [6.07, 6.45) is 2.68. The molecule has 1 unspecified atom stereocenters. The fraction of sp³-hybridized carbons (Fsp3) is 1.00. The largest absolute Gasteiger partial charge is 0.396 e. The molecule has 3 nitrogen and oxygen atoms in total. The predicted molar refractivity (Wildman–Crippen MR) is 54.4 cm³/mol. The van der Waals surface area contributed by atoms with Crippen molar-refractivity contribution in [1.29, 1.82) is 0 Å². The second kappa shape index (κ2) is 6.35. The highest BCUT2D eigenvalue weighted by Crippen LogP contribution is 2.22. The summed E-state index contributed by atoms with van der Waals surface area (Å²) in [7, 11) is 1.94. The Hall–Kier alpha value is -0.120. The minimum atomic E-state index is -0.118. The Kier molecular flexibility index (Phi) is 6.29. The van der Waals surface area contributed by atoms with Crippen molar-refractivity contribution in [1.82, 2.24) is 5.06 Å². The van der Waals surface area contributed by atoms with E-state index in [1.54, 1.807) is 0 Å². The van der Waals surface area contributed by atoms with E-state index in [9.17, 15) is 0 Å².